The molecule has 1 saturated heterocycles. The van der Waals surface area contributed by atoms with Gasteiger partial charge in [0.25, 0.3) is 0 Å². The van der Waals surface area contributed by atoms with Gasteiger partial charge in [-0.2, -0.15) is 4.98 Å². The SMILES string of the molecule is Nc1nc([O-])c2ncn([C@@H]3O[C@H](COP(=O)(O)C[P+]([O-])([O-])F)[C@@H](O)[C@H]3O)c2n1. The van der Waals surface area contributed by atoms with Gasteiger partial charge in [0.15, 0.2) is 17.8 Å². The lowest BCUT2D eigenvalue weighted by atomic mass is 10.1. The molecule has 28 heavy (non-hydrogen) atoms. The van der Waals surface area contributed by atoms with Crippen molar-refractivity contribution in [3.8, 4) is 5.88 Å². The number of imidazole rings is 1. The molecule has 0 radical (unpaired) electrons. The van der Waals surface area contributed by atoms with Crippen LogP contribution in [-0.2, 0) is 13.8 Å². The zero-order valence-corrected chi connectivity index (χ0v) is 15.5. The standard InChI is InChI=1S/C11H16FN5O9P2/c12-27(21,22)3-28(23,24)25-1-4-6(18)7(19)10(26-4)17-2-14-5-8(17)15-11(13)16-9(5)20/h2,4,6-7,10,18-19H,1,3H2,(H,21,22)(H,23,24)(H3,13,15,16,20)/p-2/t4-,6-,7-,10-/m1/s1. The van der Waals surface area contributed by atoms with Crippen molar-refractivity contribution >= 4 is 32.7 Å². The molecule has 1 fully saturated rings. The summed E-state index contributed by atoms with van der Waals surface area (Å²) < 4.78 is 35.1. The zero-order chi connectivity index (χ0) is 20.9. The molecule has 0 saturated carbocycles. The molecule has 3 rings (SSSR count). The second-order valence-corrected chi connectivity index (χ2v) is 9.77. The Balaban J connectivity index is 1.77. The number of nitrogen functional groups attached to an aromatic ring is 1. The number of ether oxygens (including phenoxy) is 1. The van der Waals surface area contributed by atoms with Gasteiger partial charge in [0, 0.05) is 5.88 Å². The first-order chi connectivity index (χ1) is 12.9. The van der Waals surface area contributed by atoms with Crippen LogP contribution in [0.25, 0.3) is 11.2 Å². The third kappa shape index (κ3) is 4.38. The van der Waals surface area contributed by atoms with Crippen LogP contribution in [0.15, 0.2) is 6.33 Å². The van der Waals surface area contributed by atoms with Gasteiger partial charge in [-0.05, 0) is 0 Å². The predicted octanol–water partition coefficient (Wildman–Crippen LogP) is -3.29. The number of hydrogen-bond donors (Lipinski definition) is 4. The number of nitrogens with zero attached hydrogens (tertiary/aromatic N) is 4. The van der Waals surface area contributed by atoms with E-state index in [1.807, 2.05) is 0 Å². The minimum Gasteiger partial charge on any atom is -0.857 e. The number of aliphatic hydroxyl groups excluding tert-OH is 2. The van der Waals surface area contributed by atoms with Gasteiger partial charge in [0.2, 0.25) is 5.95 Å². The Morgan fingerprint density at radius 1 is 1.39 bits per heavy atom. The van der Waals surface area contributed by atoms with E-state index in [0.29, 0.717) is 0 Å². The fraction of sp³-hybridized carbons (Fsp3) is 0.545. The molecule has 0 aliphatic carbocycles. The van der Waals surface area contributed by atoms with Crippen molar-refractivity contribution in [3.63, 3.8) is 0 Å². The summed E-state index contributed by atoms with van der Waals surface area (Å²) in [5.41, 5.74) is 5.15. The van der Waals surface area contributed by atoms with E-state index in [4.69, 9.17) is 10.5 Å². The highest BCUT2D eigenvalue weighted by Crippen LogP contribution is 2.58. The number of aromatic nitrogens is 4. The van der Waals surface area contributed by atoms with Gasteiger partial charge in [-0.1, -0.05) is 4.20 Å². The van der Waals surface area contributed by atoms with Crippen molar-refractivity contribution in [2.75, 3.05) is 18.2 Å². The summed E-state index contributed by atoms with van der Waals surface area (Å²) in [6.07, 6.45) is -4.90. The van der Waals surface area contributed by atoms with Gasteiger partial charge >= 0.3 is 7.60 Å². The number of hydrogen-bond acceptors (Lipinski definition) is 12. The summed E-state index contributed by atoms with van der Waals surface area (Å²) in [5.74, 6) is -2.88. The summed E-state index contributed by atoms with van der Waals surface area (Å²) >= 11 is 0. The van der Waals surface area contributed by atoms with E-state index in [-0.39, 0.29) is 17.1 Å². The van der Waals surface area contributed by atoms with Crippen molar-refractivity contribution in [1.82, 2.24) is 19.5 Å². The Morgan fingerprint density at radius 2 is 2.07 bits per heavy atom. The van der Waals surface area contributed by atoms with Crippen molar-refractivity contribution in [2.24, 2.45) is 0 Å². The van der Waals surface area contributed by atoms with Crippen LogP contribution in [-0.4, -0.2) is 65.4 Å². The van der Waals surface area contributed by atoms with E-state index < -0.39 is 58.6 Å². The van der Waals surface area contributed by atoms with Crippen LogP contribution in [0, 0.1) is 0 Å². The number of rotatable bonds is 6. The van der Waals surface area contributed by atoms with Crippen molar-refractivity contribution in [2.45, 2.75) is 24.5 Å². The van der Waals surface area contributed by atoms with Gasteiger partial charge in [-0.3, -0.25) is 9.13 Å². The zero-order valence-electron chi connectivity index (χ0n) is 13.7. The monoisotopic (exact) mass is 441 g/mol. The highest BCUT2D eigenvalue weighted by Gasteiger charge is 2.45. The van der Waals surface area contributed by atoms with E-state index in [1.54, 1.807) is 0 Å². The number of nitrogens with two attached hydrogens (primary N) is 1. The predicted molar refractivity (Wildman–Crippen MR) is 83.8 cm³/mol. The first-order valence-corrected chi connectivity index (χ1v) is 11.0. The van der Waals surface area contributed by atoms with Gasteiger partial charge in [-0.25, -0.2) is 9.97 Å². The van der Waals surface area contributed by atoms with Gasteiger partial charge in [-0.15, -0.1) is 0 Å². The van der Waals surface area contributed by atoms with Gasteiger partial charge < -0.3 is 45.0 Å². The summed E-state index contributed by atoms with van der Waals surface area (Å²) in [4.78, 5) is 41.4. The van der Waals surface area contributed by atoms with Crippen LogP contribution in [0.1, 0.15) is 6.23 Å². The summed E-state index contributed by atoms with van der Waals surface area (Å²) in [6, 6.07) is 0. The Morgan fingerprint density at radius 3 is 2.71 bits per heavy atom. The fourth-order valence-corrected chi connectivity index (χ4v) is 5.05. The first-order valence-electron chi connectivity index (χ1n) is 7.53. The number of aliphatic hydroxyl groups is 2. The first kappa shape index (κ1) is 21.2. The molecule has 1 aliphatic rings. The summed E-state index contributed by atoms with van der Waals surface area (Å²) in [7, 11) is -10.4. The Kier molecular flexibility index (Phi) is 5.57. The lowest BCUT2D eigenvalue weighted by molar-refractivity contribution is -0.321. The second-order valence-electron chi connectivity index (χ2n) is 5.92. The largest absolute Gasteiger partial charge is 0.857 e. The van der Waals surface area contributed by atoms with Crippen molar-refractivity contribution in [1.29, 1.82) is 0 Å². The Bertz CT molecular complexity index is 924. The molecule has 0 bridgehead atoms. The highest BCUT2D eigenvalue weighted by atomic mass is 31.3. The highest BCUT2D eigenvalue weighted by molar-refractivity contribution is 7.72. The normalized spacial score (nSPS) is 27.9. The summed E-state index contributed by atoms with van der Waals surface area (Å²) in [5, 5.41) is 32.0. The van der Waals surface area contributed by atoms with Crippen molar-refractivity contribution < 1.29 is 48.0 Å². The molecule has 0 amide bonds. The van der Waals surface area contributed by atoms with Crippen LogP contribution >= 0.6 is 15.6 Å². The number of fused-ring (bicyclic) bond motifs is 1. The Labute approximate surface area is 156 Å². The molecule has 2 aromatic heterocycles. The molecule has 5 atom stereocenters. The van der Waals surface area contributed by atoms with E-state index in [9.17, 15) is 38.8 Å². The maximum atomic E-state index is 12.6. The van der Waals surface area contributed by atoms with Crippen LogP contribution < -0.4 is 20.6 Å². The molecule has 14 nitrogen and oxygen atoms in total. The van der Waals surface area contributed by atoms with E-state index >= 15 is 0 Å². The molecule has 156 valence electrons. The molecule has 3 heterocycles. The molecule has 1 unspecified atom stereocenters. The van der Waals surface area contributed by atoms with E-state index in [0.717, 1.165) is 10.9 Å². The lowest BCUT2D eigenvalue weighted by Gasteiger charge is -2.26. The average molecular weight is 441 g/mol. The molecule has 5 N–H and O–H groups in total. The van der Waals surface area contributed by atoms with Crippen LogP contribution in [0.2, 0.25) is 0 Å². The molecule has 17 heteroatoms. The molecule has 2 aromatic rings. The molecule has 1 aliphatic heterocycles. The average Bonchev–Trinajstić information content (AvgIpc) is 3.06. The van der Waals surface area contributed by atoms with Gasteiger partial charge in [0.1, 0.15) is 31.9 Å². The minimum absolute atomic E-state index is 0.0899. The molecular formula is C11H14FN5O9P2-2. The van der Waals surface area contributed by atoms with E-state index in [2.05, 4.69) is 19.5 Å². The molecule has 0 spiro atoms. The topological polar surface area (TPSA) is 235 Å². The molecule has 0 aromatic carbocycles. The number of anilines is 1. The van der Waals surface area contributed by atoms with Crippen LogP contribution in [0.3, 0.4) is 0 Å². The quantitative estimate of drug-likeness (QED) is 0.322. The smallest absolute Gasteiger partial charge is 0.367 e. The Hall–Kier alpha value is -1.54. The number of halogens is 1. The second kappa shape index (κ2) is 7.37. The van der Waals surface area contributed by atoms with Crippen molar-refractivity contribution in [3.05, 3.63) is 6.33 Å². The minimum atomic E-state index is -5.57. The molecular weight excluding hydrogens is 427 g/mol. The van der Waals surface area contributed by atoms with Crippen LogP contribution in [0.4, 0.5) is 10.1 Å². The maximum absolute atomic E-state index is 12.6. The van der Waals surface area contributed by atoms with E-state index in [1.165, 1.54) is 0 Å². The summed E-state index contributed by atoms with van der Waals surface area (Å²) in [6.45, 7) is -0.834. The maximum Gasteiger partial charge on any atom is 0.367 e. The fourth-order valence-electron chi connectivity index (χ4n) is 2.63. The van der Waals surface area contributed by atoms with Gasteiger partial charge in [0.05, 0.1) is 12.9 Å². The third-order valence-corrected chi connectivity index (χ3v) is 7.14. The third-order valence-electron chi connectivity index (χ3n) is 3.81. The lowest BCUT2D eigenvalue weighted by Crippen LogP contribution is -2.33. The van der Waals surface area contributed by atoms with Crippen LogP contribution in [0.5, 0.6) is 5.88 Å².